The van der Waals surface area contributed by atoms with Gasteiger partial charge in [0.25, 0.3) is 0 Å². The first-order chi connectivity index (χ1) is 17.3. The average molecular weight is 494 g/mol. The molecule has 2 fully saturated rings. The van der Waals surface area contributed by atoms with Gasteiger partial charge in [-0.05, 0) is 42.7 Å². The number of likely N-dealkylation sites (tertiary alicyclic amines) is 1. The van der Waals surface area contributed by atoms with Crippen molar-refractivity contribution < 1.29 is 23.8 Å². The van der Waals surface area contributed by atoms with Crippen LogP contribution in [0.15, 0.2) is 48.5 Å². The fourth-order valence-corrected chi connectivity index (χ4v) is 6.03. The summed E-state index contributed by atoms with van der Waals surface area (Å²) in [5.74, 6) is 2.66. The van der Waals surface area contributed by atoms with E-state index in [1.807, 2.05) is 48.5 Å². The van der Waals surface area contributed by atoms with E-state index in [1.54, 1.807) is 19.1 Å². The molecule has 5 atom stereocenters. The summed E-state index contributed by atoms with van der Waals surface area (Å²) >= 11 is 0. The number of hydrogen-bond donors (Lipinski definition) is 0. The van der Waals surface area contributed by atoms with E-state index in [2.05, 4.69) is 20.8 Å². The number of methoxy groups -OCH3 is 2. The molecule has 1 heterocycles. The number of ether oxygens (including phenoxy) is 3. The SMILES string of the molecule is COc1ccccc1[C@H]1CC(=O)C[C@H](c2ccccc2OC)N1C(=O)O[C@@H]1C[C@H](C)CC[C@H]1C(C)C. The number of para-hydroxylation sites is 2. The van der Waals surface area contributed by atoms with E-state index < -0.39 is 12.1 Å². The van der Waals surface area contributed by atoms with Crippen LogP contribution >= 0.6 is 0 Å². The number of carbonyl (C=O) groups is 2. The summed E-state index contributed by atoms with van der Waals surface area (Å²) in [4.78, 5) is 29.0. The summed E-state index contributed by atoms with van der Waals surface area (Å²) in [7, 11) is 3.22. The smallest absolute Gasteiger partial charge is 0.411 e. The lowest BCUT2D eigenvalue weighted by atomic mass is 9.75. The van der Waals surface area contributed by atoms with Gasteiger partial charge in [-0.2, -0.15) is 0 Å². The Morgan fingerprint density at radius 3 is 1.92 bits per heavy atom. The van der Waals surface area contributed by atoms with Crippen LogP contribution in [0, 0.1) is 17.8 Å². The molecule has 2 aromatic rings. The highest BCUT2D eigenvalue weighted by Crippen LogP contribution is 2.46. The summed E-state index contributed by atoms with van der Waals surface area (Å²) in [5, 5.41) is 0. The Kier molecular flexibility index (Phi) is 8.22. The molecule has 0 spiro atoms. The summed E-state index contributed by atoms with van der Waals surface area (Å²) in [6, 6.07) is 14.2. The summed E-state index contributed by atoms with van der Waals surface area (Å²) in [5.41, 5.74) is 1.62. The number of Topliss-reactive ketones (excluding diaryl/α,β-unsaturated/α-hetero) is 1. The van der Waals surface area contributed by atoms with Gasteiger partial charge in [-0.3, -0.25) is 9.69 Å². The van der Waals surface area contributed by atoms with Gasteiger partial charge in [-0.25, -0.2) is 4.79 Å². The molecular formula is C30H39NO5. The number of piperidine rings is 1. The zero-order chi connectivity index (χ0) is 25.8. The number of amides is 1. The first kappa shape index (κ1) is 26.1. The van der Waals surface area contributed by atoms with Crippen molar-refractivity contribution in [2.75, 3.05) is 14.2 Å². The van der Waals surface area contributed by atoms with Crippen LogP contribution in [0.4, 0.5) is 4.79 Å². The molecule has 0 unspecified atom stereocenters. The van der Waals surface area contributed by atoms with Crippen molar-refractivity contribution in [3.63, 3.8) is 0 Å². The van der Waals surface area contributed by atoms with Gasteiger partial charge in [0.2, 0.25) is 0 Å². The second-order valence-electron chi connectivity index (χ2n) is 10.6. The fourth-order valence-electron chi connectivity index (χ4n) is 6.03. The van der Waals surface area contributed by atoms with Gasteiger partial charge in [-0.1, -0.05) is 63.6 Å². The van der Waals surface area contributed by atoms with E-state index in [-0.39, 0.29) is 30.8 Å². The van der Waals surface area contributed by atoms with Crippen molar-refractivity contribution >= 4 is 11.9 Å². The molecule has 1 aliphatic carbocycles. The van der Waals surface area contributed by atoms with Crippen molar-refractivity contribution in [1.29, 1.82) is 0 Å². The van der Waals surface area contributed by atoms with Crippen molar-refractivity contribution in [1.82, 2.24) is 4.90 Å². The molecule has 1 saturated heterocycles. The maximum absolute atomic E-state index is 14.1. The number of carbonyl (C=O) groups excluding carboxylic acids is 2. The Balaban J connectivity index is 1.77. The molecule has 1 aliphatic heterocycles. The molecule has 4 rings (SSSR count). The van der Waals surface area contributed by atoms with E-state index >= 15 is 0 Å². The Labute approximate surface area is 214 Å². The van der Waals surface area contributed by atoms with Crippen LogP contribution in [0.1, 0.15) is 76.1 Å². The van der Waals surface area contributed by atoms with Gasteiger partial charge < -0.3 is 14.2 Å². The monoisotopic (exact) mass is 493 g/mol. The minimum absolute atomic E-state index is 0.0946. The molecule has 6 heteroatoms. The molecule has 2 aliphatic rings. The van der Waals surface area contributed by atoms with Crippen molar-refractivity contribution in [2.24, 2.45) is 17.8 Å². The van der Waals surface area contributed by atoms with Crippen LogP contribution in [-0.2, 0) is 9.53 Å². The van der Waals surface area contributed by atoms with E-state index in [0.717, 1.165) is 30.4 Å². The molecule has 0 bridgehead atoms. The summed E-state index contributed by atoms with van der Waals surface area (Å²) in [6.07, 6.45) is 2.99. The Morgan fingerprint density at radius 2 is 1.42 bits per heavy atom. The predicted molar refractivity (Wildman–Crippen MR) is 139 cm³/mol. The van der Waals surface area contributed by atoms with Crippen molar-refractivity contribution in [2.45, 2.75) is 71.1 Å². The van der Waals surface area contributed by atoms with E-state index in [0.29, 0.717) is 29.3 Å². The lowest BCUT2D eigenvalue weighted by molar-refractivity contribution is -0.125. The molecule has 0 radical (unpaired) electrons. The second kappa shape index (κ2) is 11.4. The van der Waals surface area contributed by atoms with Crippen LogP contribution in [0.5, 0.6) is 11.5 Å². The third-order valence-corrected chi connectivity index (χ3v) is 7.93. The van der Waals surface area contributed by atoms with Crippen LogP contribution < -0.4 is 9.47 Å². The van der Waals surface area contributed by atoms with Crippen LogP contribution in [-0.4, -0.2) is 37.1 Å². The fraction of sp³-hybridized carbons (Fsp3) is 0.533. The number of benzene rings is 2. The van der Waals surface area contributed by atoms with E-state index in [9.17, 15) is 9.59 Å². The van der Waals surface area contributed by atoms with Crippen molar-refractivity contribution in [3.8, 4) is 11.5 Å². The number of ketones is 1. The number of rotatable bonds is 6. The largest absolute Gasteiger partial charge is 0.496 e. The third kappa shape index (κ3) is 5.37. The predicted octanol–water partition coefficient (Wildman–Crippen LogP) is 6.75. The molecule has 36 heavy (non-hydrogen) atoms. The molecule has 6 nitrogen and oxygen atoms in total. The lowest BCUT2D eigenvalue weighted by Crippen LogP contribution is -2.47. The molecular weight excluding hydrogens is 454 g/mol. The number of nitrogens with zero attached hydrogens (tertiary/aromatic N) is 1. The summed E-state index contributed by atoms with van der Waals surface area (Å²) < 4.78 is 17.6. The highest BCUT2D eigenvalue weighted by Gasteiger charge is 2.44. The van der Waals surface area contributed by atoms with Gasteiger partial charge in [0, 0.05) is 24.0 Å². The van der Waals surface area contributed by atoms with Crippen molar-refractivity contribution in [3.05, 3.63) is 59.7 Å². The molecule has 2 aromatic carbocycles. The minimum Gasteiger partial charge on any atom is -0.496 e. The average Bonchev–Trinajstić information content (AvgIpc) is 2.87. The quantitative estimate of drug-likeness (QED) is 0.445. The standard InChI is InChI=1S/C30H39NO5/c1-19(2)22-15-14-20(3)16-29(22)36-30(33)31-25(23-10-6-8-12-27(23)34-4)17-21(32)18-26(31)24-11-7-9-13-28(24)35-5/h6-13,19-20,22,25-26,29H,14-18H2,1-5H3/t20-,22+,25-,26-,29-/m1/s1. The molecule has 1 saturated carbocycles. The maximum Gasteiger partial charge on any atom is 0.411 e. The minimum atomic E-state index is -0.497. The van der Waals surface area contributed by atoms with Gasteiger partial charge in [0.15, 0.2) is 0 Å². The maximum atomic E-state index is 14.1. The number of hydrogen-bond acceptors (Lipinski definition) is 5. The molecule has 0 aromatic heterocycles. The first-order valence-corrected chi connectivity index (χ1v) is 13.1. The first-order valence-electron chi connectivity index (χ1n) is 13.1. The van der Waals surface area contributed by atoms with Crippen LogP contribution in [0.25, 0.3) is 0 Å². The molecule has 194 valence electrons. The van der Waals surface area contributed by atoms with Gasteiger partial charge in [0.05, 0.1) is 26.3 Å². The zero-order valence-electron chi connectivity index (χ0n) is 22.1. The van der Waals surface area contributed by atoms with Gasteiger partial charge in [-0.15, -0.1) is 0 Å². The van der Waals surface area contributed by atoms with Gasteiger partial charge in [0.1, 0.15) is 23.4 Å². The third-order valence-electron chi connectivity index (χ3n) is 7.93. The normalized spacial score (nSPS) is 26.6. The lowest BCUT2D eigenvalue weighted by Gasteiger charge is -2.44. The molecule has 0 N–H and O–H groups in total. The van der Waals surface area contributed by atoms with Crippen LogP contribution in [0.3, 0.4) is 0 Å². The van der Waals surface area contributed by atoms with Crippen LogP contribution in [0.2, 0.25) is 0 Å². The summed E-state index contributed by atoms with van der Waals surface area (Å²) in [6.45, 7) is 6.64. The Hall–Kier alpha value is -3.02. The molecule has 1 amide bonds. The van der Waals surface area contributed by atoms with E-state index in [1.165, 1.54) is 0 Å². The van der Waals surface area contributed by atoms with Gasteiger partial charge >= 0.3 is 6.09 Å². The Morgan fingerprint density at radius 1 is 0.889 bits per heavy atom. The highest BCUT2D eigenvalue weighted by atomic mass is 16.6. The zero-order valence-corrected chi connectivity index (χ0v) is 22.1. The second-order valence-corrected chi connectivity index (χ2v) is 10.6. The highest BCUT2D eigenvalue weighted by molar-refractivity contribution is 5.84. The Bertz CT molecular complexity index is 1010. The van der Waals surface area contributed by atoms with E-state index in [4.69, 9.17) is 14.2 Å². The topological polar surface area (TPSA) is 65.1 Å².